The molecule has 1 aromatic heterocycles. The van der Waals surface area contributed by atoms with Crippen LogP contribution in [0.3, 0.4) is 0 Å². The van der Waals surface area contributed by atoms with Gasteiger partial charge in [0, 0.05) is 18.5 Å². The summed E-state index contributed by atoms with van der Waals surface area (Å²) >= 11 is 5.98. The fraction of sp³-hybridized carbons (Fsp3) is 0.286. The van der Waals surface area contributed by atoms with Crippen molar-refractivity contribution in [2.24, 2.45) is 0 Å². The zero-order chi connectivity index (χ0) is 14.1. The number of hydrogen-bond acceptors (Lipinski definition) is 5. The van der Waals surface area contributed by atoms with Gasteiger partial charge < -0.3 is 15.5 Å². The smallest absolute Gasteiger partial charge is 0.135 e. The Labute approximate surface area is 121 Å². The van der Waals surface area contributed by atoms with Gasteiger partial charge in [-0.1, -0.05) is 17.7 Å². The van der Waals surface area contributed by atoms with E-state index in [1.807, 2.05) is 0 Å². The molecule has 1 aliphatic rings. The molecule has 2 aromatic rings. The molecule has 3 N–H and O–H groups in total. The molecule has 1 fully saturated rings. The number of nitrogens with one attached hydrogen (secondary N) is 1. The third-order valence-corrected chi connectivity index (χ3v) is 3.42. The van der Waals surface area contributed by atoms with Crippen LogP contribution in [-0.4, -0.2) is 20.2 Å². The van der Waals surface area contributed by atoms with Crippen molar-refractivity contribution in [3.8, 4) is 11.5 Å². The molecule has 3 rings (SSSR count). The first kappa shape index (κ1) is 13.0. The van der Waals surface area contributed by atoms with E-state index in [0.717, 1.165) is 18.7 Å². The lowest BCUT2D eigenvalue weighted by Gasteiger charge is -2.10. The number of aromatic hydroxyl groups is 2. The van der Waals surface area contributed by atoms with Gasteiger partial charge in [0.15, 0.2) is 0 Å². The molecule has 0 atom stereocenters. The molecule has 1 heterocycles. The van der Waals surface area contributed by atoms with Gasteiger partial charge in [-0.25, -0.2) is 9.97 Å². The molecule has 0 spiro atoms. The minimum Gasteiger partial charge on any atom is -0.507 e. The standard InChI is InChI=1S/C14H14ClN3O2/c15-12-6-13(18-14(17-12)8-4-5-8)16-7-9-10(19)2-1-3-11(9)20/h1-3,6,8,19-20H,4-5,7H2,(H,16,17,18). The first-order valence-electron chi connectivity index (χ1n) is 6.41. The highest BCUT2D eigenvalue weighted by Gasteiger charge is 2.27. The summed E-state index contributed by atoms with van der Waals surface area (Å²) in [6.45, 7) is 0.260. The third-order valence-electron chi connectivity index (χ3n) is 3.23. The molecule has 6 heteroatoms. The van der Waals surface area contributed by atoms with Gasteiger partial charge in [0.1, 0.15) is 28.3 Å². The van der Waals surface area contributed by atoms with E-state index in [4.69, 9.17) is 11.6 Å². The number of anilines is 1. The van der Waals surface area contributed by atoms with Crippen molar-refractivity contribution >= 4 is 17.4 Å². The van der Waals surface area contributed by atoms with Crippen molar-refractivity contribution in [2.75, 3.05) is 5.32 Å². The van der Waals surface area contributed by atoms with Gasteiger partial charge in [-0.2, -0.15) is 0 Å². The summed E-state index contributed by atoms with van der Waals surface area (Å²) in [5.41, 5.74) is 0.426. The van der Waals surface area contributed by atoms with Crippen LogP contribution in [-0.2, 0) is 6.54 Å². The highest BCUT2D eigenvalue weighted by atomic mass is 35.5. The number of halogens is 1. The Hall–Kier alpha value is -2.01. The highest BCUT2D eigenvalue weighted by Crippen LogP contribution is 2.38. The predicted molar refractivity (Wildman–Crippen MR) is 76.1 cm³/mol. The van der Waals surface area contributed by atoms with Crippen LogP contribution in [0.4, 0.5) is 5.82 Å². The largest absolute Gasteiger partial charge is 0.507 e. The van der Waals surface area contributed by atoms with Crippen LogP contribution in [0, 0.1) is 0 Å². The molecule has 1 aliphatic carbocycles. The van der Waals surface area contributed by atoms with Gasteiger partial charge in [0.25, 0.3) is 0 Å². The van der Waals surface area contributed by atoms with Crippen molar-refractivity contribution in [1.29, 1.82) is 0 Å². The van der Waals surface area contributed by atoms with Crippen LogP contribution in [0.15, 0.2) is 24.3 Å². The number of nitrogens with zero attached hydrogens (tertiary/aromatic N) is 2. The minimum absolute atomic E-state index is 0.0417. The highest BCUT2D eigenvalue weighted by molar-refractivity contribution is 6.29. The molecule has 0 aliphatic heterocycles. The Bertz CT molecular complexity index is 624. The van der Waals surface area contributed by atoms with Gasteiger partial charge in [-0.15, -0.1) is 0 Å². The average molecular weight is 292 g/mol. The van der Waals surface area contributed by atoms with Crippen LogP contribution in [0.25, 0.3) is 0 Å². The van der Waals surface area contributed by atoms with E-state index in [9.17, 15) is 10.2 Å². The van der Waals surface area contributed by atoms with Crippen molar-refractivity contribution < 1.29 is 10.2 Å². The first-order valence-corrected chi connectivity index (χ1v) is 6.79. The van der Waals surface area contributed by atoms with Crippen LogP contribution in [0.1, 0.15) is 30.1 Å². The SMILES string of the molecule is Oc1cccc(O)c1CNc1cc(Cl)nc(C2CC2)n1. The summed E-state index contributed by atoms with van der Waals surface area (Å²) in [6.07, 6.45) is 2.19. The maximum Gasteiger partial charge on any atom is 0.135 e. The summed E-state index contributed by atoms with van der Waals surface area (Å²) in [5, 5.41) is 22.9. The molecule has 5 nitrogen and oxygen atoms in total. The molecule has 0 saturated heterocycles. The van der Waals surface area contributed by atoms with Gasteiger partial charge in [0.2, 0.25) is 0 Å². The van der Waals surface area contributed by atoms with E-state index in [-0.39, 0.29) is 18.0 Å². The van der Waals surface area contributed by atoms with Crippen molar-refractivity contribution in [2.45, 2.75) is 25.3 Å². The second-order valence-corrected chi connectivity index (χ2v) is 5.22. The molecule has 20 heavy (non-hydrogen) atoms. The van der Waals surface area contributed by atoms with E-state index in [1.54, 1.807) is 12.1 Å². The predicted octanol–water partition coefficient (Wildman–Crippen LogP) is 3.03. The zero-order valence-corrected chi connectivity index (χ0v) is 11.4. The van der Waals surface area contributed by atoms with Gasteiger partial charge >= 0.3 is 0 Å². The van der Waals surface area contributed by atoms with Gasteiger partial charge in [-0.05, 0) is 25.0 Å². The monoisotopic (exact) mass is 291 g/mol. The molecule has 0 amide bonds. The summed E-state index contributed by atoms with van der Waals surface area (Å²) in [4.78, 5) is 8.60. The molecule has 0 radical (unpaired) electrons. The molecule has 1 aromatic carbocycles. The first-order chi connectivity index (χ1) is 9.63. The van der Waals surface area contributed by atoms with Crippen LogP contribution in [0.2, 0.25) is 5.15 Å². The van der Waals surface area contributed by atoms with Gasteiger partial charge in [0.05, 0.1) is 5.56 Å². The van der Waals surface area contributed by atoms with Gasteiger partial charge in [-0.3, -0.25) is 0 Å². The fourth-order valence-corrected chi connectivity index (χ4v) is 2.16. The Kier molecular flexibility index (Phi) is 3.36. The van der Waals surface area contributed by atoms with Crippen molar-refractivity contribution in [3.05, 3.63) is 40.8 Å². The fourth-order valence-electron chi connectivity index (χ4n) is 1.97. The second kappa shape index (κ2) is 5.17. The van der Waals surface area contributed by atoms with E-state index >= 15 is 0 Å². The summed E-state index contributed by atoms with van der Waals surface area (Å²) in [6, 6.07) is 6.27. The summed E-state index contributed by atoms with van der Waals surface area (Å²) in [7, 11) is 0. The average Bonchev–Trinajstić information content (AvgIpc) is 3.21. The van der Waals surface area contributed by atoms with E-state index in [1.165, 1.54) is 12.1 Å². The lowest BCUT2D eigenvalue weighted by Crippen LogP contribution is -2.04. The third kappa shape index (κ3) is 2.77. The molecule has 0 unspecified atom stereocenters. The zero-order valence-electron chi connectivity index (χ0n) is 10.7. The maximum atomic E-state index is 9.72. The molecule has 104 valence electrons. The summed E-state index contributed by atoms with van der Waals surface area (Å²) < 4.78 is 0. The molecule has 1 saturated carbocycles. The summed E-state index contributed by atoms with van der Waals surface area (Å²) in [5.74, 6) is 1.84. The maximum absolute atomic E-state index is 9.72. The number of phenols is 2. The Morgan fingerprint density at radius 2 is 1.90 bits per heavy atom. The molecule has 0 bridgehead atoms. The van der Waals surface area contributed by atoms with Crippen molar-refractivity contribution in [3.63, 3.8) is 0 Å². The number of aromatic nitrogens is 2. The number of phenolic OH excluding ortho intramolecular Hbond substituents is 2. The van der Waals surface area contributed by atoms with Crippen LogP contribution < -0.4 is 5.32 Å². The topological polar surface area (TPSA) is 78.3 Å². The van der Waals surface area contributed by atoms with Crippen LogP contribution >= 0.6 is 11.6 Å². The van der Waals surface area contributed by atoms with Crippen LogP contribution in [0.5, 0.6) is 11.5 Å². The van der Waals surface area contributed by atoms with Crippen molar-refractivity contribution in [1.82, 2.24) is 9.97 Å². The number of hydrogen-bond donors (Lipinski definition) is 3. The second-order valence-electron chi connectivity index (χ2n) is 4.84. The normalized spacial score (nSPS) is 14.2. The Morgan fingerprint density at radius 3 is 2.55 bits per heavy atom. The Morgan fingerprint density at radius 1 is 1.20 bits per heavy atom. The van der Waals surface area contributed by atoms with E-state index in [0.29, 0.717) is 22.5 Å². The minimum atomic E-state index is 0.0417. The Balaban J connectivity index is 1.78. The number of rotatable bonds is 4. The lowest BCUT2D eigenvalue weighted by molar-refractivity contribution is 0.440. The quantitative estimate of drug-likeness (QED) is 0.755. The number of benzene rings is 1. The molecular formula is C14H14ClN3O2. The van der Waals surface area contributed by atoms with E-state index < -0.39 is 0 Å². The van der Waals surface area contributed by atoms with E-state index in [2.05, 4.69) is 15.3 Å². The molecular weight excluding hydrogens is 278 g/mol. The lowest BCUT2D eigenvalue weighted by atomic mass is 10.2.